The van der Waals surface area contributed by atoms with Gasteiger partial charge in [-0.2, -0.15) is 0 Å². The van der Waals surface area contributed by atoms with Crippen molar-refractivity contribution in [3.05, 3.63) is 6.92 Å². The van der Waals surface area contributed by atoms with Crippen LogP contribution in [0.3, 0.4) is 0 Å². The lowest BCUT2D eigenvalue weighted by Gasteiger charge is -2.04. The van der Waals surface area contributed by atoms with Crippen LogP contribution in [0.1, 0.15) is 84.0 Å². The third-order valence-electron chi connectivity index (χ3n) is 3.31. The fraction of sp³-hybridized carbons (Fsp3) is 0.938. The summed E-state index contributed by atoms with van der Waals surface area (Å²) in [5, 5.41) is 3.51. The molecule has 0 rings (SSSR count). The molecule has 0 unspecified atom stereocenters. The van der Waals surface area contributed by atoms with Crippen molar-refractivity contribution >= 4 is 0 Å². The van der Waals surface area contributed by atoms with E-state index in [0.29, 0.717) is 0 Å². The molecular formula is C16H34N. The summed E-state index contributed by atoms with van der Waals surface area (Å²) in [6.07, 6.45) is 16.4. The highest BCUT2D eigenvalue weighted by Crippen LogP contribution is 2.10. The summed E-state index contributed by atoms with van der Waals surface area (Å²) in [7, 11) is 0. The second-order valence-corrected chi connectivity index (χ2v) is 5.14. The predicted molar refractivity (Wildman–Crippen MR) is 79.3 cm³/mol. The summed E-state index contributed by atoms with van der Waals surface area (Å²) in [4.78, 5) is 0. The van der Waals surface area contributed by atoms with Crippen LogP contribution in [-0.4, -0.2) is 13.1 Å². The molecule has 0 amide bonds. The van der Waals surface area contributed by atoms with Crippen molar-refractivity contribution in [1.29, 1.82) is 0 Å². The lowest BCUT2D eigenvalue weighted by molar-refractivity contribution is 0.542. The van der Waals surface area contributed by atoms with Crippen molar-refractivity contribution in [2.75, 3.05) is 13.1 Å². The van der Waals surface area contributed by atoms with E-state index in [-0.39, 0.29) is 0 Å². The van der Waals surface area contributed by atoms with Crippen molar-refractivity contribution in [3.8, 4) is 0 Å². The van der Waals surface area contributed by atoms with E-state index >= 15 is 0 Å². The van der Waals surface area contributed by atoms with Gasteiger partial charge in [-0.05, 0) is 25.9 Å². The predicted octanol–water partition coefficient (Wildman–Crippen LogP) is 5.11. The topological polar surface area (TPSA) is 12.0 Å². The van der Waals surface area contributed by atoms with E-state index in [1.54, 1.807) is 0 Å². The molecule has 0 aliphatic carbocycles. The molecule has 1 N–H and O–H groups in total. The van der Waals surface area contributed by atoms with Crippen LogP contribution in [0.4, 0.5) is 0 Å². The van der Waals surface area contributed by atoms with Gasteiger partial charge in [-0.3, -0.25) is 0 Å². The molecule has 17 heavy (non-hydrogen) atoms. The Morgan fingerprint density at radius 1 is 0.647 bits per heavy atom. The van der Waals surface area contributed by atoms with Gasteiger partial charge in [0.25, 0.3) is 0 Å². The third-order valence-corrected chi connectivity index (χ3v) is 3.31. The minimum Gasteiger partial charge on any atom is -0.317 e. The van der Waals surface area contributed by atoms with Gasteiger partial charge in [0.05, 0.1) is 0 Å². The maximum Gasteiger partial charge on any atom is -0.00489 e. The summed E-state index contributed by atoms with van der Waals surface area (Å²) in [6.45, 7) is 8.56. The van der Waals surface area contributed by atoms with Crippen LogP contribution in [0.25, 0.3) is 0 Å². The largest absolute Gasteiger partial charge is 0.317 e. The first kappa shape index (κ1) is 17.0. The van der Waals surface area contributed by atoms with Crippen molar-refractivity contribution in [3.63, 3.8) is 0 Å². The molecule has 0 bridgehead atoms. The molecule has 0 aliphatic heterocycles. The van der Waals surface area contributed by atoms with Gasteiger partial charge in [-0.15, -0.1) is 0 Å². The van der Waals surface area contributed by atoms with E-state index in [0.717, 1.165) is 6.42 Å². The van der Waals surface area contributed by atoms with E-state index in [1.807, 2.05) is 0 Å². The van der Waals surface area contributed by atoms with Crippen LogP contribution in [-0.2, 0) is 0 Å². The smallest absolute Gasteiger partial charge is 0.00489 e. The molecule has 1 nitrogen and oxygen atoms in total. The molecule has 103 valence electrons. The summed E-state index contributed by atoms with van der Waals surface area (Å²) in [5.41, 5.74) is 0. The van der Waals surface area contributed by atoms with Crippen LogP contribution >= 0.6 is 0 Å². The molecule has 0 aliphatic rings. The normalized spacial score (nSPS) is 10.9. The van der Waals surface area contributed by atoms with Crippen molar-refractivity contribution in [1.82, 2.24) is 5.32 Å². The van der Waals surface area contributed by atoms with Crippen LogP contribution in [0.2, 0.25) is 0 Å². The molecule has 0 aromatic heterocycles. The van der Waals surface area contributed by atoms with Gasteiger partial charge in [-0.25, -0.2) is 0 Å². The quantitative estimate of drug-likeness (QED) is 0.416. The summed E-state index contributed by atoms with van der Waals surface area (Å²) < 4.78 is 0. The van der Waals surface area contributed by atoms with Crippen LogP contribution < -0.4 is 5.32 Å². The minimum absolute atomic E-state index is 1.12. The Hall–Kier alpha value is -0.0400. The first-order valence-electron chi connectivity index (χ1n) is 7.91. The number of nitrogens with one attached hydrogen (secondary N) is 1. The summed E-state index contributed by atoms with van der Waals surface area (Å²) in [5.74, 6) is 0. The molecule has 0 atom stereocenters. The van der Waals surface area contributed by atoms with Gasteiger partial charge in [0.15, 0.2) is 0 Å². The summed E-state index contributed by atoms with van der Waals surface area (Å²) >= 11 is 0. The lowest BCUT2D eigenvalue weighted by atomic mass is 10.1. The van der Waals surface area contributed by atoms with Crippen LogP contribution in [0.15, 0.2) is 0 Å². The Morgan fingerprint density at radius 2 is 1.12 bits per heavy atom. The maximum absolute atomic E-state index is 3.87. The molecule has 0 aromatic carbocycles. The third kappa shape index (κ3) is 16.0. The molecule has 0 heterocycles. The Balaban J connectivity index is 2.85. The van der Waals surface area contributed by atoms with Gasteiger partial charge < -0.3 is 5.32 Å². The molecule has 1 radical (unpaired) electrons. The molecule has 0 saturated heterocycles. The van der Waals surface area contributed by atoms with Crippen LogP contribution in [0.5, 0.6) is 0 Å². The van der Waals surface area contributed by atoms with E-state index in [2.05, 4.69) is 19.2 Å². The number of hydrogen-bond donors (Lipinski definition) is 1. The van der Waals surface area contributed by atoms with E-state index in [4.69, 9.17) is 0 Å². The lowest BCUT2D eigenvalue weighted by Crippen LogP contribution is -2.16. The highest BCUT2D eigenvalue weighted by Gasteiger charge is 1.92. The minimum atomic E-state index is 1.12. The monoisotopic (exact) mass is 240 g/mol. The SMILES string of the molecule is [CH2]CCCCCCCCCCCNCCCC. The highest BCUT2D eigenvalue weighted by atomic mass is 14.8. The second-order valence-electron chi connectivity index (χ2n) is 5.14. The standard InChI is InChI=1S/C16H34N/c1-3-5-7-8-9-10-11-12-13-14-16-17-15-6-4-2/h17H,1,3-16H2,2H3. The Kier molecular flexibility index (Phi) is 15.9. The van der Waals surface area contributed by atoms with E-state index < -0.39 is 0 Å². The highest BCUT2D eigenvalue weighted by molar-refractivity contribution is 4.51. The van der Waals surface area contributed by atoms with Crippen molar-refractivity contribution < 1.29 is 0 Å². The molecule has 0 spiro atoms. The Bertz CT molecular complexity index is 109. The van der Waals surface area contributed by atoms with Gasteiger partial charge in [0.2, 0.25) is 0 Å². The van der Waals surface area contributed by atoms with Gasteiger partial charge >= 0.3 is 0 Å². The molecule has 0 saturated carbocycles. The summed E-state index contributed by atoms with van der Waals surface area (Å²) in [6, 6.07) is 0. The Labute approximate surface area is 110 Å². The number of hydrogen-bond acceptors (Lipinski definition) is 1. The first-order chi connectivity index (χ1) is 8.41. The van der Waals surface area contributed by atoms with Gasteiger partial charge in [-0.1, -0.05) is 78.1 Å². The van der Waals surface area contributed by atoms with Crippen molar-refractivity contribution in [2.45, 2.75) is 84.0 Å². The second kappa shape index (κ2) is 16.0. The zero-order valence-corrected chi connectivity index (χ0v) is 12.1. The fourth-order valence-corrected chi connectivity index (χ4v) is 2.09. The fourth-order valence-electron chi connectivity index (χ4n) is 2.09. The van der Waals surface area contributed by atoms with Crippen molar-refractivity contribution in [2.24, 2.45) is 0 Å². The van der Waals surface area contributed by atoms with Gasteiger partial charge in [0.1, 0.15) is 0 Å². The zero-order valence-electron chi connectivity index (χ0n) is 12.1. The average Bonchev–Trinajstić information content (AvgIpc) is 2.35. The zero-order chi connectivity index (χ0) is 12.6. The molecular weight excluding hydrogens is 206 g/mol. The first-order valence-corrected chi connectivity index (χ1v) is 7.91. The Morgan fingerprint density at radius 3 is 1.65 bits per heavy atom. The number of rotatable bonds is 14. The van der Waals surface area contributed by atoms with Crippen LogP contribution in [0, 0.1) is 6.92 Å². The molecule has 1 heteroatoms. The molecule has 0 aromatic rings. The van der Waals surface area contributed by atoms with E-state index in [1.165, 1.54) is 83.7 Å². The average molecular weight is 240 g/mol. The number of unbranched alkanes of at least 4 members (excludes halogenated alkanes) is 10. The maximum atomic E-state index is 3.87. The van der Waals surface area contributed by atoms with E-state index in [9.17, 15) is 0 Å². The van der Waals surface area contributed by atoms with Gasteiger partial charge in [0, 0.05) is 0 Å². The molecule has 0 fully saturated rings.